The summed E-state index contributed by atoms with van der Waals surface area (Å²) in [6.07, 6.45) is 1.46. The van der Waals surface area contributed by atoms with Crippen LogP contribution in [0.3, 0.4) is 0 Å². The van der Waals surface area contributed by atoms with Gasteiger partial charge in [0.2, 0.25) is 11.8 Å². The van der Waals surface area contributed by atoms with E-state index in [2.05, 4.69) is 20.4 Å². The Balaban J connectivity index is 1.65. The standard InChI is InChI=1S/C28H19ClFN5O3/c1-17(36)35(22-10-6-5-9-21(22)29)28-24(25(34-38-28)18-11-13-20(30)14-12-18)26-31-16-15-23(32-26)33-27(37)19-7-3-2-4-8-19/h2-16H,1H3,(H,31,32,33,37). The summed E-state index contributed by atoms with van der Waals surface area (Å²) in [6, 6.07) is 22.6. The maximum Gasteiger partial charge on any atom is 0.256 e. The molecule has 0 spiro atoms. The van der Waals surface area contributed by atoms with E-state index in [0.29, 0.717) is 21.8 Å². The molecule has 10 heteroatoms. The van der Waals surface area contributed by atoms with Crippen molar-refractivity contribution in [1.29, 1.82) is 0 Å². The molecule has 188 valence electrons. The highest BCUT2D eigenvalue weighted by Gasteiger charge is 2.30. The fourth-order valence-electron chi connectivity index (χ4n) is 3.82. The number of hydrogen-bond donors (Lipinski definition) is 1. The zero-order valence-electron chi connectivity index (χ0n) is 19.9. The third kappa shape index (κ3) is 5.00. The van der Waals surface area contributed by atoms with E-state index in [1.807, 2.05) is 6.07 Å². The molecule has 0 saturated carbocycles. The molecule has 8 nitrogen and oxygen atoms in total. The van der Waals surface area contributed by atoms with Crippen LogP contribution in [0.5, 0.6) is 0 Å². The molecule has 0 aliphatic carbocycles. The first-order valence-corrected chi connectivity index (χ1v) is 11.8. The van der Waals surface area contributed by atoms with Crippen molar-refractivity contribution in [3.05, 3.63) is 108 Å². The van der Waals surface area contributed by atoms with Crippen LogP contribution >= 0.6 is 11.6 Å². The van der Waals surface area contributed by atoms with Crippen LogP contribution in [-0.4, -0.2) is 26.9 Å². The van der Waals surface area contributed by atoms with E-state index in [0.717, 1.165) is 0 Å². The first kappa shape index (κ1) is 24.8. The summed E-state index contributed by atoms with van der Waals surface area (Å²) in [5.41, 5.74) is 1.83. The van der Waals surface area contributed by atoms with E-state index in [4.69, 9.17) is 16.1 Å². The first-order chi connectivity index (χ1) is 18.4. The minimum Gasteiger partial charge on any atom is -0.336 e. The van der Waals surface area contributed by atoms with Crippen LogP contribution in [0.4, 0.5) is 21.8 Å². The Morgan fingerprint density at radius 3 is 2.37 bits per heavy atom. The smallest absolute Gasteiger partial charge is 0.256 e. The van der Waals surface area contributed by atoms with Gasteiger partial charge in [-0.15, -0.1) is 0 Å². The highest BCUT2D eigenvalue weighted by molar-refractivity contribution is 6.34. The Labute approximate surface area is 221 Å². The monoisotopic (exact) mass is 527 g/mol. The molecule has 0 bridgehead atoms. The Bertz CT molecular complexity index is 1620. The topological polar surface area (TPSA) is 101 Å². The van der Waals surface area contributed by atoms with Gasteiger partial charge in [-0.1, -0.05) is 47.1 Å². The van der Waals surface area contributed by atoms with Gasteiger partial charge in [-0.3, -0.25) is 9.59 Å². The Morgan fingerprint density at radius 1 is 0.947 bits per heavy atom. The summed E-state index contributed by atoms with van der Waals surface area (Å²) in [6.45, 7) is 1.35. The number of rotatable bonds is 6. The van der Waals surface area contributed by atoms with Crippen molar-refractivity contribution in [2.24, 2.45) is 0 Å². The van der Waals surface area contributed by atoms with Gasteiger partial charge >= 0.3 is 0 Å². The molecule has 5 rings (SSSR count). The van der Waals surface area contributed by atoms with Crippen molar-refractivity contribution in [2.75, 3.05) is 10.2 Å². The van der Waals surface area contributed by atoms with Gasteiger partial charge < -0.3 is 9.84 Å². The number of benzene rings is 3. The molecule has 3 aromatic carbocycles. The van der Waals surface area contributed by atoms with Crippen LogP contribution in [0.1, 0.15) is 17.3 Å². The molecule has 1 N–H and O–H groups in total. The fraction of sp³-hybridized carbons (Fsp3) is 0.0357. The molecule has 2 heterocycles. The highest BCUT2D eigenvalue weighted by atomic mass is 35.5. The summed E-state index contributed by atoms with van der Waals surface area (Å²) >= 11 is 6.42. The van der Waals surface area contributed by atoms with E-state index in [9.17, 15) is 14.0 Å². The average molecular weight is 528 g/mol. The van der Waals surface area contributed by atoms with Gasteiger partial charge in [-0.25, -0.2) is 19.3 Å². The molecule has 38 heavy (non-hydrogen) atoms. The Morgan fingerprint density at radius 2 is 1.66 bits per heavy atom. The maximum absolute atomic E-state index is 13.7. The molecule has 0 fully saturated rings. The minimum atomic E-state index is -0.428. The van der Waals surface area contributed by atoms with Gasteiger partial charge in [0, 0.05) is 24.2 Å². The van der Waals surface area contributed by atoms with E-state index in [-0.39, 0.29) is 34.7 Å². The van der Waals surface area contributed by atoms with Crippen molar-refractivity contribution >= 4 is 40.8 Å². The molecule has 0 unspecified atom stereocenters. The predicted molar refractivity (Wildman–Crippen MR) is 142 cm³/mol. The molecule has 2 amide bonds. The van der Waals surface area contributed by atoms with Crippen molar-refractivity contribution in [1.82, 2.24) is 15.1 Å². The number of amides is 2. The van der Waals surface area contributed by atoms with Gasteiger partial charge in [0.1, 0.15) is 22.9 Å². The van der Waals surface area contributed by atoms with Gasteiger partial charge in [0.05, 0.1) is 10.7 Å². The molecule has 0 aliphatic heterocycles. The second-order valence-corrected chi connectivity index (χ2v) is 8.52. The molecular weight excluding hydrogens is 509 g/mol. The summed E-state index contributed by atoms with van der Waals surface area (Å²) in [7, 11) is 0. The normalized spacial score (nSPS) is 10.7. The summed E-state index contributed by atoms with van der Waals surface area (Å²) in [5, 5.41) is 7.24. The van der Waals surface area contributed by atoms with Gasteiger partial charge in [0.15, 0.2) is 5.82 Å². The van der Waals surface area contributed by atoms with Gasteiger partial charge in [0.25, 0.3) is 5.91 Å². The lowest BCUT2D eigenvalue weighted by atomic mass is 10.1. The average Bonchev–Trinajstić information content (AvgIpc) is 3.35. The van der Waals surface area contributed by atoms with E-state index >= 15 is 0 Å². The first-order valence-electron chi connectivity index (χ1n) is 11.4. The quantitative estimate of drug-likeness (QED) is 0.269. The summed E-state index contributed by atoms with van der Waals surface area (Å²) < 4.78 is 19.4. The number of hydrogen-bond acceptors (Lipinski definition) is 6. The number of nitrogens with zero attached hydrogens (tertiary/aromatic N) is 4. The molecule has 0 saturated heterocycles. The number of carbonyl (C=O) groups excluding carboxylic acids is 2. The van der Waals surface area contributed by atoms with Crippen molar-refractivity contribution in [3.8, 4) is 22.6 Å². The lowest BCUT2D eigenvalue weighted by molar-refractivity contribution is -0.116. The SMILES string of the molecule is CC(=O)N(c1ccccc1Cl)c1onc(-c2ccc(F)cc2)c1-c1nccc(NC(=O)c2ccccc2)n1. The second kappa shape index (κ2) is 10.6. The van der Waals surface area contributed by atoms with E-state index in [1.165, 1.54) is 48.4 Å². The number of anilines is 3. The summed E-state index contributed by atoms with van der Waals surface area (Å²) in [4.78, 5) is 35.7. The minimum absolute atomic E-state index is 0.0106. The maximum atomic E-state index is 13.7. The van der Waals surface area contributed by atoms with E-state index < -0.39 is 11.7 Å². The van der Waals surface area contributed by atoms with Crippen molar-refractivity contribution in [2.45, 2.75) is 6.92 Å². The third-order valence-electron chi connectivity index (χ3n) is 5.56. The summed E-state index contributed by atoms with van der Waals surface area (Å²) in [5.74, 6) is -0.854. The van der Waals surface area contributed by atoms with Crippen LogP contribution in [0.2, 0.25) is 5.02 Å². The van der Waals surface area contributed by atoms with Gasteiger partial charge in [-0.05, 0) is 54.6 Å². The van der Waals surface area contributed by atoms with Crippen molar-refractivity contribution in [3.63, 3.8) is 0 Å². The molecule has 5 aromatic rings. The molecule has 0 atom stereocenters. The number of para-hydroxylation sites is 1. The van der Waals surface area contributed by atoms with Crippen LogP contribution in [0.15, 0.2) is 95.6 Å². The molecule has 0 aliphatic rings. The number of carbonyl (C=O) groups is 2. The molecular formula is C28H19ClFN5O3. The lowest BCUT2D eigenvalue weighted by Gasteiger charge is -2.20. The zero-order chi connectivity index (χ0) is 26.6. The van der Waals surface area contributed by atoms with Crippen LogP contribution < -0.4 is 10.2 Å². The van der Waals surface area contributed by atoms with E-state index in [1.54, 1.807) is 48.5 Å². The second-order valence-electron chi connectivity index (χ2n) is 8.11. The van der Waals surface area contributed by atoms with Crippen LogP contribution in [0.25, 0.3) is 22.6 Å². The number of aromatic nitrogens is 3. The third-order valence-corrected chi connectivity index (χ3v) is 5.88. The zero-order valence-corrected chi connectivity index (χ0v) is 20.7. The van der Waals surface area contributed by atoms with Crippen LogP contribution in [-0.2, 0) is 4.79 Å². The van der Waals surface area contributed by atoms with Gasteiger partial charge in [-0.2, -0.15) is 0 Å². The number of halogens is 2. The van der Waals surface area contributed by atoms with Crippen LogP contribution in [0, 0.1) is 5.82 Å². The Kier molecular flexibility index (Phi) is 6.92. The fourth-order valence-corrected chi connectivity index (χ4v) is 4.04. The predicted octanol–water partition coefficient (Wildman–Crippen LogP) is 6.53. The largest absolute Gasteiger partial charge is 0.336 e. The number of nitrogens with one attached hydrogen (secondary N) is 1. The van der Waals surface area contributed by atoms with Crippen molar-refractivity contribution < 1.29 is 18.5 Å². The lowest BCUT2D eigenvalue weighted by Crippen LogP contribution is -2.23. The Hall–Kier alpha value is -4.89. The molecule has 2 aromatic heterocycles. The highest BCUT2D eigenvalue weighted by Crippen LogP contribution is 2.42. The molecule has 0 radical (unpaired) electrons.